The number of hydrogen-bond donors (Lipinski definition) is 2. The van der Waals surface area contributed by atoms with Crippen molar-refractivity contribution in [2.24, 2.45) is 0 Å². The molecule has 0 aliphatic rings. The quantitative estimate of drug-likeness (QED) is 0.872. The Balaban J connectivity index is 2.29. The van der Waals surface area contributed by atoms with E-state index < -0.39 is 16.0 Å². The van der Waals surface area contributed by atoms with Crippen LogP contribution in [-0.4, -0.2) is 19.5 Å². The molecule has 0 bridgehead atoms. The van der Waals surface area contributed by atoms with Crippen LogP contribution in [0, 0.1) is 6.92 Å². The number of thiophene rings is 1. The summed E-state index contributed by atoms with van der Waals surface area (Å²) in [6.07, 6.45) is 0. The molecule has 0 atom stereocenters. The molecule has 0 saturated heterocycles. The van der Waals surface area contributed by atoms with Gasteiger partial charge in [-0.05, 0) is 47.0 Å². The van der Waals surface area contributed by atoms with Crippen LogP contribution in [0.25, 0.3) is 0 Å². The number of benzene rings is 1. The summed E-state index contributed by atoms with van der Waals surface area (Å²) >= 11 is 7.35. The summed E-state index contributed by atoms with van der Waals surface area (Å²) < 4.78 is 26.9. The monoisotopic (exact) mass is 345 g/mol. The lowest BCUT2D eigenvalue weighted by molar-refractivity contribution is 0.0696. The summed E-state index contributed by atoms with van der Waals surface area (Å²) in [7, 11) is -3.88. The van der Waals surface area contributed by atoms with Crippen LogP contribution >= 0.6 is 22.9 Å². The molecule has 0 radical (unpaired) electrons. The summed E-state index contributed by atoms with van der Waals surface area (Å²) in [6.45, 7) is 2.02. The van der Waals surface area contributed by atoms with Gasteiger partial charge in [-0.15, -0.1) is 0 Å². The maximum Gasteiger partial charge on any atom is 0.335 e. The standard InChI is InChI=1S/C13H12ClNO4S2/c1-8-6-20-7-10(8)5-15-21(18,19)12-4-9(13(16)17)2-3-11(12)14/h2-4,6-7,15H,5H2,1H3,(H,16,17). The Bertz CT molecular complexity index is 783. The van der Waals surface area contributed by atoms with Gasteiger partial charge in [0, 0.05) is 6.54 Å². The van der Waals surface area contributed by atoms with Crippen LogP contribution in [0.1, 0.15) is 21.5 Å². The molecule has 1 aromatic carbocycles. The van der Waals surface area contributed by atoms with E-state index in [-0.39, 0.29) is 22.0 Å². The largest absolute Gasteiger partial charge is 0.478 e. The molecule has 2 aromatic rings. The number of sulfonamides is 1. The number of aryl methyl sites for hydroxylation is 1. The number of carboxylic acid groups (broad SMARTS) is 1. The maximum atomic E-state index is 12.2. The lowest BCUT2D eigenvalue weighted by Crippen LogP contribution is -2.24. The number of hydrogen-bond acceptors (Lipinski definition) is 4. The van der Waals surface area contributed by atoms with Crippen molar-refractivity contribution in [2.45, 2.75) is 18.4 Å². The van der Waals surface area contributed by atoms with E-state index >= 15 is 0 Å². The first-order valence-electron chi connectivity index (χ1n) is 5.85. The van der Waals surface area contributed by atoms with Crippen LogP contribution in [0.2, 0.25) is 5.02 Å². The highest BCUT2D eigenvalue weighted by Crippen LogP contribution is 2.23. The first kappa shape index (κ1) is 16.0. The number of carboxylic acids is 1. The smallest absolute Gasteiger partial charge is 0.335 e. The maximum absolute atomic E-state index is 12.2. The second-order valence-electron chi connectivity index (χ2n) is 4.35. The van der Waals surface area contributed by atoms with Gasteiger partial charge in [0.25, 0.3) is 0 Å². The first-order valence-corrected chi connectivity index (χ1v) is 8.66. The minimum Gasteiger partial charge on any atom is -0.478 e. The van der Waals surface area contributed by atoms with Gasteiger partial charge in [0.2, 0.25) is 10.0 Å². The fourth-order valence-corrected chi connectivity index (χ4v) is 4.05. The Kier molecular flexibility index (Phi) is 4.67. The molecular weight excluding hydrogens is 334 g/mol. The summed E-state index contributed by atoms with van der Waals surface area (Å²) in [5.41, 5.74) is 1.73. The Labute approximate surface area is 131 Å². The third-order valence-corrected chi connectivity index (χ3v) is 5.67. The Morgan fingerprint density at radius 2 is 2.10 bits per heavy atom. The van der Waals surface area contributed by atoms with Gasteiger partial charge in [-0.1, -0.05) is 11.6 Å². The molecule has 0 unspecified atom stereocenters. The zero-order valence-corrected chi connectivity index (χ0v) is 13.3. The highest BCUT2D eigenvalue weighted by molar-refractivity contribution is 7.89. The second-order valence-corrected chi connectivity index (χ2v) is 7.24. The van der Waals surface area contributed by atoms with Gasteiger partial charge in [-0.3, -0.25) is 0 Å². The van der Waals surface area contributed by atoms with E-state index in [2.05, 4.69) is 4.72 Å². The third-order valence-electron chi connectivity index (χ3n) is 2.88. The highest BCUT2D eigenvalue weighted by Gasteiger charge is 2.20. The zero-order valence-electron chi connectivity index (χ0n) is 11.0. The van der Waals surface area contributed by atoms with Gasteiger partial charge in [0.1, 0.15) is 4.90 Å². The number of halogens is 1. The van der Waals surface area contributed by atoms with Gasteiger partial charge >= 0.3 is 5.97 Å². The Morgan fingerprint density at radius 1 is 1.38 bits per heavy atom. The predicted octanol–water partition coefficient (Wildman–Crippen LogP) is 2.89. The van der Waals surface area contributed by atoms with Crippen LogP contribution in [0.3, 0.4) is 0 Å². The first-order chi connectivity index (χ1) is 9.81. The average Bonchev–Trinajstić information content (AvgIpc) is 2.82. The number of nitrogens with one attached hydrogen (secondary N) is 1. The molecule has 112 valence electrons. The van der Waals surface area contributed by atoms with Crippen molar-refractivity contribution in [3.8, 4) is 0 Å². The predicted molar refractivity (Wildman–Crippen MR) is 81.5 cm³/mol. The highest BCUT2D eigenvalue weighted by atomic mass is 35.5. The van der Waals surface area contributed by atoms with Crippen molar-refractivity contribution in [1.82, 2.24) is 4.72 Å². The molecule has 0 aliphatic heterocycles. The second kappa shape index (κ2) is 6.15. The topological polar surface area (TPSA) is 83.5 Å². The number of carbonyl (C=O) groups is 1. The van der Waals surface area contributed by atoms with E-state index in [1.807, 2.05) is 17.7 Å². The van der Waals surface area contributed by atoms with E-state index in [0.29, 0.717) is 0 Å². The van der Waals surface area contributed by atoms with Crippen LogP contribution in [0.4, 0.5) is 0 Å². The van der Waals surface area contributed by atoms with Crippen LogP contribution < -0.4 is 4.72 Å². The van der Waals surface area contributed by atoms with Crippen molar-refractivity contribution in [2.75, 3.05) is 0 Å². The molecular formula is C13H12ClNO4S2. The molecule has 8 heteroatoms. The summed E-state index contributed by atoms with van der Waals surface area (Å²) in [6, 6.07) is 3.57. The van der Waals surface area contributed by atoms with E-state index in [4.69, 9.17) is 16.7 Å². The summed E-state index contributed by atoms with van der Waals surface area (Å²) in [5.74, 6) is -1.21. The zero-order chi connectivity index (χ0) is 15.6. The summed E-state index contributed by atoms with van der Waals surface area (Å²) in [5, 5.41) is 12.7. The molecule has 1 heterocycles. The number of aromatic carboxylic acids is 1. The molecule has 21 heavy (non-hydrogen) atoms. The molecule has 1 aromatic heterocycles. The van der Waals surface area contributed by atoms with Crippen molar-refractivity contribution in [3.63, 3.8) is 0 Å². The van der Waals surface area contributed by atoms with E-state index in [1.165, 1.54) is 23.5 Å². The van der Waals surface area contributed by atoms with Crippen molar-refractivity contribution >= 4 is 38.9 Å². The van der Waals surface area contributed by atoms with Gasteiger partial charge < -0.3 is 5.11 Å². The minimum absolute atomic E-state index is 0.0189. The molecule has 0 fully saturated rings. The lowest BCUT2D eigenvalue weighted by atomic mass is 10.2. The Hall–Kier alpha value is -1.41. The van der Waals surface area contributed by atoms with E-state index in [1.54, 1.807) is 0 Å². The fraction of sp³-hybridized carbons (Fsp3) is 0.154. The molecule has 0 spiro atoms. The molecule has 2 N–H and O–H groups in total. The lowest BCUT2D eigenvalue weighted by Gasteiger charge is -2.09. The van der Waals surface area contributed by atoms with Crippen LogP contribution in [0.15, 0.2) is 33.9 Å². The third kappa shape index (κ3) is 3.62. The van der Waals surface area contributed by atoms with E-state index in [9.17, 15) is 13.2 Å². The normalized spacial score (nSPS) is 11.5. The molecule has 5 nitrogen and oxygen atoms in total. The van der Waals surface area contributed by atoms with Crippen molar-refractivity contribution in [1.29, 1.82) is 0 Å². The molecule has 2 rings (SSSR count). The fourth-order valence-electron chi connectivity index (χ4n) is 1.66. The van der Waals surface area contributed by atoms with Crippen molar-refractivity contribution < 1.29 is 18.3 Å². The van der Waals surface area contributed by atoms with Gasteiger partial charge in [0.15, 0.2) is 0 Å². The van der Waals surface area contributed by atoms with Gasteiger partial charge in [0.05, 0.1) is 10.6 Å². The molecule has 0 saturated carbocycles. The number of rotatable bonds is 5. The minimum atomic E-state index is -3.88. The average molecular weight is 346 g/mol. The van der Waals surface area contributed by atoms with Gasteiger partial charge in [-0.2, -0.15) is 11.3 Å². The SMILES string of the molecule is Cc1cscc1CNS(=O)(=O)c1cc(C(=O)O)ccc1Cl. The van der Waals surface area contributed by atoms with E-state index in [0.717, 1.165) is 17.2 Å². The van der Waals surface area contributed by atoms with Crippen molar-refractivity contribution in [3.05, 3.63) is 50.7 Å². The molecule has 0 amide bonds. The molecule has 0 aliphatic carbocycles. The Morgan fingerprint density at radius 3 is 2.67 bits per heavy atom. The van der Waals surface area contributed by atoms with Gasteiger partial charge in [-0.25, -0.2) is 17.9 Å². The van der Waals surface area contributed by atoms with Crippen LogP contribution in [0.5, 0.6) is 0 Å². The summed E-state index contributed by atoms with van der Waals surface area (Å²) in [4.78, 5) is 10.7. The van der Waals surface area contributed by atoms with Crippen LogP contribution in [-0.2, 0) is 16.6 Å².